The summed E-state index contributed by atoms with van der Waals surface area (Å²) in [5, 5.41) is 15.5. The number of rotatable bonds is 10. The zero-order chi connectivity index (χ0) is 43.5. The highest BCUT2D eigenvalue weighted by atomic mass is 35.5. The lowest BCUT2D eigenvalue weighted by Gasteiger charge is -2.54. The Balaban J connectivity index is 0.862. The number of alkyl halides is 3. The van der Waals surface area contributed by atoms with Crippen LogP contribution in [0.25, 0.3) is 0 Å². The Labute approximate surface area is 354 Å². The number of β-amino-alcohol motifs (C(OH)–C–C–N with tert-alkyl or cyclic N) is 1. The van der Waals surface area contributed by atoms with Crippen LogP contribution in [0.2, 0.25) is 5.02 Å². The van der Waals surface area contributed by atoms with E-state index in [1.54, 1.807) is 6.07 Å². The molecule has 5 aliphatic heterocycles. The molecule has 0 radical (unpaired) electrons. The van der Waals surface area contributed by atoms with Gasteiger partial charge < -0.3 is 25.0 Å². The molecule has 6 fully saturated rings. The van der Waals surface area contributed by atoms with Gasteiger partial charge in [0.15, 0.2) is 0 Å². The van der Waals surface area contributed by atoms with E-state index in [0.717, 1.165) is 12.1 Å². The molecule has 1 unspecified atom stereocenters. The van der Waals surface area contributed by atoms with E-state index >= 15 is 8.78 Å². The van der Waals surface area contributed by atoms with Gasteiger partial charge in [-0.3, -0.25) is 19.8 Å². The van der Waals surface area contributed by atoms with Gasteiger partial charge in [0.2, 0.25) is 27.8 Å². The molecule has 6 aliphatic rings. The summed E-state index contributed by atoms with van der Waals surface area (Å²) < 4.78 is 109. The number of amides is 2. The maximum atomic E-state index is 15.5. The lowest BCUT2D eigenvalue weighted by Crippen LogP contribution is -2.65. The monoisotopic (exact) mass is 896 g/mol. The Morgan fingerprint density at radius 3 is 2.36 bits per heavy atom. The van der Waals surface area contributed by atoms with Gasteiger partial charge in [0.25, 0.3) is 0 Å². The van der Waals surface area contributed by atoms with Crippen molar-refractivity contribution >= 4 is 56.6 Å². The number of piperazine rings is 1. The summed E-state index contributed by atoms with van der Waals surface area (Å²) in [6.07, 6.45) is -0.916. The lowest BCUT2D eigenvalue weighted by atomic mass is 9.71. The number of fused-ring (bicyclic) bond motifs is 3. The molecule has 2 amide bonds. The minimum atomic E-state index is -4.79. The highest BCUT2D eigenvalue weighted by Gasteiger charge is 2.52. The average molecular weight is 897 g/mol. The van der Waals surface area contributed by atoms with Crippen LogP contribution in [0.1, 0.15) is 75.3 Å². The second-order valence-corrected chi connectivity index (χ2v) is 19.3. The van der Waals surface area contributed by atoms with Crippen LogP contribution in [-0.4, -0.2) is 109 Å². The molecule has 14 nitrogen and oxygen atoms in total. The number of imide groups is 1. The molecule has 3 aromatic rings. The van der Waals surface area contributed by atoms with Crippen LogP contribution < -0.4 is 25.2 Å². The third-order valence-electron chi connectivity index (χ3n) is 12.6. The van der Waals surface area contributed by atoms with E-state index in [2.05, 4.69) is 30.2 Å². The molecule has 21 heteroatoms. The van der Waals surface area contributed by atoms with Crippen molar-refractivity contribution in [2.24, 2.45) is 0 Å². The van der Waals surface area contributed by atoms with E-state index in [1.807, 2.05) is 4.90 Å². The molecular formula is C40H46ClF5N8O6S. The molecular weight excluding hydrogens is 851 g/mol. The topological polar surface area (TPSA) is 169 Å². The van der Waals surface area contributed by atoms with Gasteiger partial charge >= 0.3 is 6.18 Å². The number of aliphatic hydroxyl groups is 1. The number of benzene rings is 2. The fourth-order valence-electron chi connectivity index (χ4n) is 9.23. The highest BCUT2D eigenvalue weighted by Crippen LogP contribution is 2.45. The molecule has 330 valence electrons. The van der Waals surface area contributed by atoms with Gasteiger partial charge in [-0.1, -0.05) is 11.6 Å². The largest absolute Gasteiger partial charge is 0.421 e. The first-order valence-electron chi connectivity index (χ1n) is 20.2. The van der Waals surface area contributed by atoms with Crippen molar-refractivity contribution in [2.45, 2.75) is 92.0 Å². The first-order chi connectivity index (χ1) is 28.7. The van der Waals surface area contributed by atoms with Crippen molar-refractivity contribution in [1.82, 2.24) is 24.9 Å². The van der Waals surface area contributed by atoms with Crippen LogP contribution in [0.5, 0.6) is 0 Å². The Morgan fingerprint density at radius 1 is 1.00 bits per heavy atom. The quantitative estimate of drug-likeness (QED) is 0.155. The summed E-state index contributed by atoms with van der Waals surface area (Å²) in [5.74, 6) is -4.18. The molecule has 4 N–H and O–H groups in total. The van der Waals surface area contributed by atoms with Crippen molar-refractivity contribution in [3.63, 3.8) is 0 Å². The smallest absolute Gasteiger partial charge is 0.388 e. The van der Waals surface area contributed by atoms with Gasteiger partial charge in [-0.15, -0.1) is 0 Å². The van der Waals surface area contributed by atoms with Gasteiger partial charge in [0, 0.05) is 74.7 Å². The van der Waals surface area contributed by atoms with Crippen molar-refractivity contribution < 1.29 is 49.8 Å². The number of carbonyl (C=O) groups excluding carboxylic acids is 2. The van der Waals surface area contributed by atoms with E-state index in [0.29, 0.717) is 83.1 Å². The molecule has 6 heterocycles. The SMILES string of the molecule is C[C@]1(O)CCCN(c2nc(Nc3ccc(S(=O)(=O)NC45CCC(CN6CCN(c7cc(F)c(C8CCC(=O)NC8=O)c(Cl)c7)CC6)(CC4)OC5)cc3F)ncc2C(F)(F)F)C1. The average Bonchev–Trinajstić information content (AvgIpc) is 3.19. The van der Waals surface area contributed by atoms with Crippen molar-refractivity contribution in [3.05, 3.63) is 64.3 Å². The van der Waals surface area contributed by atoms with Gasteiger partial charge in [0.1, 0.15) is 23.0 Å². The van der Waals surface area contributed by atoms with Crippen molar-refractivity contribution in [1.29, 1.82) is 0 Å². The van der Waals surface area contributed by atoms with Crippen LogP contribution in [0.4, 0.5) is 45.1 Å². The Bertz CT molecular complexity index is 2280. The third-order valence-corrected chi connectivity index (χ3v) is 14.5. The number of aromatic nitrogens is 2. The summed E-state index contributed by atoms with van der Waals surface area (Å²) in [6.45, 7) is 4.86. The number of anilines is 4. The first-order valence-corrected chi connectivity index (χ1v) is 22.1. The number of piperidine rings is 2. The summed E-state index contributed by atoms with van der Waals surface area (Å²) in [5.41, 5.74) is -3.30. The predicted molar refractivity (Wildman–Crippen MR) is 214 cm³/mol. The fourth-order valence-corrected chi connectivity index (χ4v) is 11.0. The van der Waals surface area contributed by atoms with Gasteiger partial charge in [0.05, 0.1) is 39.8 Å². The van der Waals surface area contributed by atoms with Crippen LogP contribution >= 0.6 is 11.6 Å². The molecule has 2 aromatic carbocycles. The maximum Gasteiger partial charge on any atom is 0.421 e. The van der Waals surface area contributed by atoms with Gasteiger partial charge in [-0.05, 0) is 82.2 Å². The number of ether oxygens (including phenoxy) is 1. The molecule has 0 spiro atoms. The number of carbonyl (C=O) groups is 2. The lowest BCUT2D eigenvalue weighted by molar-refractivity contribution is -0.166. The molecule has 2 atom stereocenters. The van der Waals surface area contributed by atoms with Gasteiger partial charge in [-0.25, -0.2) is 26.9 Å². The zero-order valence-electron chi connectivity index (χ0n) is 33.3. The number of halogens is 6. The highest BCUT2D eigenvalue weighted by molar-refractivity contribution is 7.89. The number of sulfonamides is 1. The summed E-state index contributed by atoms with van der Waals surface area (Å²) in [6, 6.07) is 6.19. The normalized spacial score (nSPS) is 27.6. The number of hydrogen-bond acceptors (Lipinski definition) is 12. The minimum Gasteiger partial charge on any atom is -0.388 e. The standard InChI is InChI=1S/C40H46ClF5N8O6S/c1-37(57)7-2-12-54(21-37)34-27(40(44,45)46)20-47-36(50-34)48-31-5-3-25(19-29(31)42)61(58,59)51-38-8-10-39(11-9-38,60-23-38)22-52-13-15-53(16-14-52)24-17-28(41)33(30(43)18-24)26-4-6-32(55)49-35(26)56/h3,5,17-20,26,51,57H,2,4,6-16,21-23H2,1H3,(H,47,48,50)(H,49,55,56)/t26?,37-,38?,39?/m0/s1. The van der Waals surface area contributed by atoms with Crippen LogP contribution in [0.15, 0.2) is 41.4 Å². The number of nitrogens with one attached hydrogen (secondary N) is 3. The zero-order valence-corrected chi connectivity index (χ0v) is 34.8. The second-order valence-electron chi connectivity index (χ2n) is 17.2. The second kappa shape index (κ2) is 16.2. The summed E-state index contributed by atoms with van der Waals surface area (Å²) in [4.78, 5) is 37.0. The molecule has 1 saturated carbocycles. The Kier molecular flexibility index (Phi) is 11.5. The van der Waals surface area contributed by atoms with E-state index < -0.39 is 73.7 Å². The van der Waals surface area contributed by atoms with Gasteiger partial charge in [-0.2, -0.15) is 18.2 Å². The maximum absolute atomic E-state index is 15.5. The molecule has 5 saturated heterocycles. The molecule has 9 rings (SSSR count). The van der Waals surface area contributed by atoms with E-state index in [1.165, 1.54) is 24.0 Å². The van der Waals surface area contributed by atoms with E-state index in [4.69, 9.17) is 16.3 Å². The van der Waals surface area contributed by atoms with Crippen LogP contribution in [-0.2, 0) is 30.5 Å². The Morgan fingerprint density at radius 2 is 1.74 bits per heavy atom. The fraction of sp³-hybridized carbons (Fsp3) is 0.550. The number of nitrogens with zero attached hydrogens (tertiary/aromatic N) is 5. The minimum absolute atomic E-state index is 0.0888. The van der Waals surface area contributed by atoms with E-state index in [-0.39, 0.29) is 59.7 Å². The number of hydrogen-bond donors (Lipinski definition) is 4. The predicted octanol–water partition coefficient (Wildman–Crippen LogP) is 5.22. The third kappa shape index (κ3) is 9.15. The first kappa shape index (κ1) is 43.4. The summed E-state index contributed by atoms with van der Waals surface area (Å²) in [7, 11) is -4.24. The van der Waals surface area contributed by atoms with Crippen LogP contribution in [0, 0.1) is 11.6 Å². The van der Waals surface area contributed by atoms with Crippen LogP contribution in [0.3, 0.4) is 0 Å². The van der Waals surface area contributed by atoms with E-state index in [9.17, 15) is 36.3 Å². The molecule has 1 aliphatic carbocycles. The molecule has 2 bridgehead atoms. The van der Waals surface area contributed by atoms with Crippen molar-refractivity contribution in [3.8, 4) is 0 Å². The summed E-state index contributed by atoms with van der Waals surface area (Å²) >= 11 is 6.50. The van der Waals surface area contributed by atoms with Crippen molar-refractivity contribution in [2.75, 3.05) is 67.5 Å². The Hall–Kier alpha value is -4.21. The molecule has 61 heavy (non-hydrogen) atoms. The molecule has 1 aromatic heterocycles.